The second kappa shape index (κ2) is 4.10. The Morgan fingerprint density at radius 2 is 2.00 bits per heavy atom. The Morgan fingerprint density at radius 3 is 2.60 bits per heavy atom. The Hall–Kier alpha value is -0.610. The minimum atomic E-state index is 0.113. The van der Waals surface area contributed by atoms with Crippen LogP contribution in [0.3, 0.4) is 0 Å². The van der Waals surface area contributed by atoms with Gasteiger partial charge in [0.05, 0.1) is 0 Å². The lowest BCUT2D eigenvalue weighted by Gasteiger charge is -2.41. The fourth-order valence-electron chi connectivity index (χ4n) is 1.78. The lowest BCUT2D eigenvalue weighted by molar-refractivity contribution is 0.188. The van der Waals surface area contributed by atoms with E-state index in [1.54, 1.807) is 0 Å². The van der Waals surface area contributed by atoms with E-state index in [1.807, 2.05) is 0 Å². The number of nitrogens with zero attached hydrogens (tertiary/aromatic N) is 3. The van der Waals surface area contributed by atoms with Gasteiger partial charge in [0.25, 0.3) is 0 Å². The van der Waals surface area contributed by atoms with Crippen molar-refractivity contribution in [3.8, 4) is 0 Å². The van der Waals surface area contributed by atoms with Crippen LogP contribution in [0.4, 0.5) is 5.82 Å². The van der Waals surface area contributed by atoms with Gasteiger partial charge in [-0.05, 0) is 29.9 Å². The third kappa shape index (κ3) is 2.16. The summed E-state index contributed by atoms with van der Waals surface area (Å²) in [6, 6.07) is 0.408. The summed E-state index contributed by atoms with van der Waals surface area (Å²) >= 11 is 11.5. The van der Waals surface area contributed by atoms with Crippen molar-refractivity contribution in [1.82, 2.24) is 15.2 Å². The monoisotopic (exact) mass is 246 g/mol. The van der Waals surface area contributed by atoms with Crippen LogP contribution in [0.1, 0.15) is 20.3 Å². The zero-order valence-corrected chi connectivity index (χ0v) is 10.0. The molecule has 1 saturated carbocycles. The van der Waals surface area contributed by atoms with Gasteiger partial charge in [-0.3, -0.25) is 0 Å². The van der Waals surface area contributed by atoms with Crippen LogP contribution in [0, 0.1) is 11.8 Å². The number of halogens is 2. The maximum absolute atomic E-state index is 5.85. The molecule has 15 heavy (non-hydrogen) atoms. The first-order chi connectivity index (χ1) is 7.08. The summed E-state index contributed by atoms with van der Waals surface area (Å²) in [4.78, 5) is 4.00. The Morgan fingerprint density at radius 1 is 1.27 bits per heavy atom. The van der Waals surface area contributed by atoms with E-state index in [9.17, 15) is 0 Å². The van der Waals surface area contributed by atoms with Gasteiger partial charge < -0.3 is 5.32 Å². The van der Waals surface area contributed by atoms with Gasteiger partial charge in [-0.1, -0.05) is 25.4 Å². The van der Waals surface area contributed by atoms with E-state index < -0.39 is 0 Å². The van der Waals surface area contributed by atoms with Crippen LogP contribution in [0.2, 0.25) is 10.4 Å². The predicted molar refractivity (Wildman–Crippen MR) is 60.2 cm³/mol. The standard InChI is InChI=1S/C9H12Cl2N4/c1-4-3-6(5(4)2)12-8-7(10)14-15-9(11)13-8/h4-6H,3H2,1-2H3,(H,12,13,15). The van der Waals surface area contributed by atoms with Crippen LogP contribution < -0.4 is 5.32 Å². The third-order valence-electron chi connectivity index (χ3n) is 3.10. The highest BCUT2D eigenvalue weighted by Gasteiger charge is 2.34. The first-order valence-corrected chi connectivity index (χ1v) is 5.65. The molecule has 1 N–H and O–H groups in total. The summed E-state index contributed by atoms with van der Waals surface area (Å²) in [6.45, 7) is 4.44. The van der Waals surface area contributed by atoms with Crippen molar-refractivity contribution >= 4 is 29.0 Å². The molecule has 82 valence electrons. The smallest absolute Gasteiger partial charge is 0.245 e. The highest BCUT2D eigenvalue weighted by Crippen LogP contribution is 2.36. The van der Waals surface area contributed by atoms with Crippen molar-refractivity contribution < 1.29 is 0 Å². The Kier molecular flexibility index (Phi) is 2.98. The van der Waals surface area contributed by atoms with E-state index in [2.05, 4.69) is 34.3 Å². The summed E-state index contributed by atoms with van der Waals surface area (Å²) in [7, 11) is 0. The summed E-state index contributed by atoms with van der Waals surface area (Å²) in [5.74, 6) is 1.89. The predicted octanol–water partition coefficient (Wildman–Crippen LogP) is 2.63. The number of nitrogens with one attached hydrogen (secondary N) is 1. The molecule has 0 aromatic carbocycles. The molecule has 2 rings (SSSR count). The third-order valence-corrected chi connectivity index (χ3v) is 3.51. The molecule has 3 atom stereocenters. The summed E-state index contributed by atoms with van der Waals surface area (Å²) in [6.07, 6.45) is 1.12. The van der Waals surface area contributed by atoms with Crippen LogP contribution in [-0.2, 0) is 0 Å². The van der Waals surface area contributed by atoms with Crippen molar-refractivity contribution in [1.29, 1.82) is 0 Å². The highest BCUT2D eigenvalue weighted by molar-refractivity contribution is 6.32. The number of aromatic nitrogens is 3. The number of rotatable bonds is 2. The van der Waals surface area contributed by atoms with Crippen LogP contribution >= 0.6 is 23.2 Å². The average Bonchev–Trinajstić information content (AvgIpc) is 2.22. The van der Waals surface area contributed by atoms with Crippen molar-refractivity contribution in [3.05, 3.63) is 10.4 Å². The van der Waals surface area contributed by atoms with Gasteiger partial charge in [-0.15, -0.1) is 10.2 Å². The summed E-state index contributed by atoms with van der Waals surface area (Å²) in [5.41, 5.74) is 0. The van der Waals surface area contributed by atoms with E-state index in [4.69, 9.17) is 23.2 Å². The molecule has 1 aliphatic rings. The van der Waals surface area contributed by atoms with E-state index >= 15 is 0 Å². The Bertz CT molecular complexity index is 371. The fraction of sp³-hybridized carbons (Fsp3) is 0.667. The number of anilines is 1. The Balaban J connectivity index is 2.08. The fourth-order valence-corrected chi connectivity index (χ4v) is 2.04. The lowest BCUT2D eigenvalue weighted by Crippen LogP contribution is -2.43. The van der Waals surface area contributed by atoms with Gasteiger partial charge in [0.1, 0.15) is 0 Å². The van der Waals surface area contributed by atoms with E-state index in [0.717, 1.165) is 12.3 Å². The second-order valence-electron chi connectivity index (χ2n) is 4.04. The van der Waals surface area contributed by atoms with Crippen LogP contribution in [0.15, 0.2) is 0 Å². The maximum atomic E-state index is 5.85. The van der Waals surface area contributed by atoms with Gasteiger partial charge >= 0.3 is 0 Å². The van der Waals surface area contributed by atoms with Crippen molar-refractivity contribution in [2.24, 2.45) is 11.8 Å². The average molecular weight is 247 g/mol. The molecule has 0 saturated heterocycles. The second-order valence-corrected chi connectivity index (χ2v) is 4.74. The molecule has 1 fully saturated rings. The SMILES string of the molecule is CC1CC(Nc2nc(Cl)nnc2Cl)C1C. The summed E-state index contributed by atoms with van der Waals surface area (Å²) in [5, 5.41) is 10.9. The minimum absolute atomic E-state index is 0.113. The normalized spacial score (nSPS) is 29.7. The van der Waals surface area contributed by atoms with Crippen molar-refractivity contribution in [2.75, 3.05) is 5.32 Å². The van der Waals surface area contributed by atoms with Crippen LogP contribution in [-0.4, -0.2) is 21.2 Å². The Labute approximate surface area is 98.4 Å². The molecular formula is C9H12Cl2N4. The van der Waals surface area contributed by atoms with Crippen molar-refractivity contribution in [2.45, 2.75) is 26.3 Å². The van der Waals surface area contributed by atoms with E-state index in [1.165, 1.54) is 0 Å². The molecule has 1 aromatic rings. The molecule has 1 heterocycles. The van der Waals surface area contributed by atoms with Gasteiger partial charge in [-0.2, -0.15) is 4.98 Å². The first-order valence-electron chi connectivity index (χ1n) is 4.90. The molecule has 0 spiro atoms. The molecule has 4 nitrogen and oxygen atoms in total. The maximum Gasteiger partial charge on any atom is 0.245 e. The first kappa shape index (κ1) is 10.9. The molecule has 0 radical (unpaired) electrons. The molecular weight excluding hydrogens is 235 g/mol. The van der Waals surface area contributed by atoms with E-state index in [0.29, 0.717) is 17.8 Å². The van der Waals surface area contributed by atoms with Gasteiger partial charge in [0.2, 0.25) is 5.28 Å². The zero-order chi connectivity index (χ0) is 11.0. The van der Waals surface area contributed by atoms with Crippen LogP contribution in [0.25, 0.3) is 0 Å². The molecule has 0 aliphatic heterocycles. The minimum Gasteiger partial charge on any atom is -0.364 e. The lowest BCUT2D eigenvalue weighted by atomic mass is 9.71. The molecule has 6 heteroatoms. The molecule has 0 bridgehead atoms. The zero-order valence-electron chi connectivity index (χ0n) is 8.54. The highest BCUT2D eigenvalue weighted by atomic mass is 35.5. The van der Waals surface area contributed by atoms with Crippen LogP contribution in [0.5, 0.6) is 0 Å². The quantitative estimate of drug-likeness (QED) is 0.872. The largest absolute Gasteiger partial charge is 0.364 e. The molecule has 3 unspecified atom stereocenters. The van der Waals surface area contributed by atoms with E-state index in [-0.39, 0.29) is 10.4 Å². The molecule has 0 amide bonds. The van der Waals surface area contributed by atoms with Crippen molar-refractivity contribution in [3.63, 3.8) is 0 Å². The number of hydrogen-bond acceptors (Lipinski definition) is 4. The number of hydrogen-bond donors (Lipinski definition) is 1. The van der Waals surface area contributed by atoms with Gasteiger partial charge in [-0.25, -0.2) is 0 Å². The van der Waals surface area contributed by atoms with Gasteiger partial charge in [0.15, 0.2) is 11.0 Å². The topological polar surface area (TPSA) is 50.7 Å². The van der Waals surface area contributed by atoms with Gasteiger partial charge in [0, 0.05) is 6.04 Å². The molecule has 1 aliphatic carbocycles. The molecule has 1 aromatic heterocycles. The summed E-state index contributed by atoms with van der Waals surface area (Å²) < 4.78 is 0.